The van der Waals surface area contributed by atoms with Crippen molar-refractivity contribution in [1.29, 1.82) is 0 Å². The van der Waals surface area contributed by atoms with Gasteiger partial charge in [0.15, 0.2) is 0 Å². The Hall–Kier alpha value is -2.20. The van der Waals surface area contributed by atoms with Gasteiger partial charge in [0.1, 0.15) is 5.82 Å². The maximum absolute atomic E-state index is 4.48. The molecule has 3 aromatic rings. The molecule has 0 spiro atoms. The largest absolute Gasteiger partial charge is 0.342 e. The smallest absolute Gasteiger partial charge is 0.104 e. The minimum Gasteiger partial charge on any atom is -0.342 e. The zero-order chi connectivity index (χ0) is 13.9. The zero-order valence-corrected chi connectivity index (χ0v) is 11.7. The average Bonchev–Trinajstić information content (AvgIpc) is 2.85. The first-order valence-corrected chi connectivity index (χ1v) is 6.81. The van der Waals surface area contributed by atoms with Gasteiger partial charge in [0.05, 0.1) is 11.0 Å². The van der Waals surface area contributed by atoms with Crippen LogP contribution in [-0.4, -0.2) is 15.0 Å². The fraction of sp³-hybridized carbons (Fsp3) is 0.250. The molecular formula is C16H18N4. The second-order valence-corrected chi connectivity index (χ2v) is 5.06. The summed E-state index contributed by atoms with van der Waals surface area (Å²) < 4.78 is 0. The van der Waals surface area contributed by atoms with Gasteiger partial charge in [0, 0.05) is 25.0 Å². The number of hydrogen-bond acceptors (Lipinski definition) is 3. The van der Waals surface area contributed by atoms with Crippen LogP contribution < -0.4 is 5.32 Å². The highest BCUT2D eigenvalue weighted by atomic mass is 14.9. The molecule has 2 N–H and O–H groups in total. The third-order valence-electron chi connectivity index (χ3n) is 3.46. The average molecular weight is 266 g/mol. The lowest BCUT2D eigenvalue weighted by atomic mass is 10.1. The number of fused-ring (bicyclic) bond motifs is 1. The van der Waals surface area contributed by atoms with E-state index < -0.39 is 0 Å². The van der Waals surface area contributed by atoms with E-state index in [0.717, 1.165) is 23.4 Å². The van der Waals surface area contributed by atoms with Crippen molar-refractivity contribution in [2.24, 2.45) is 0 Å². The van der Waals surface area contributed by atoms with E-state index in [0.29, 0.717) is 0 Å². The molecule has 4 heteroatoms. The fourth-order valence-corrected chi connectivity index (χ4v) is 2.31. The summed E-state index contributed by atoms with van der Waals surface area (Å²) in [5, 5.41) is 3.51. The van der Waals surface area contributed by atoms with Gasteiger partial charge in [0.2, 0.25) is 0 Å². The maximum Gasteiger partial charge on any atom is 0.104 e. The number of H-pyrrole nitrogens is 1. The molecule has 102 valence electrons. The number of benzene rings is 1. The van der Waals surface area contributed by atoms with Crippen molar-refractivity contribution in [1.82, 2.24) is 20.3 Å². The quantitative estimate of drug-likeness (QED) is 0.763. The van der Waals surface area contributed by atoms with Crippen LogP contribution in [-0.2, 0) is 6.54 Å². The van der Waals surface area contributed by atoms with Crippen LogP contribution in [0.15, 0.2) is 42.7 Å². The van der Waals surface area contributed by atoms with Gasteiger partial charge in [0.25, 0.3) is 0 Å². The van der Waals surface area contributed by atoms with Gasteiger partial charge < -0.3 is 10.3 Å². The monoisotopic (exact) mass is 266 g/mol. The Balaban J connectivity index is 1.73. The van der Waals surface area contributed by atoms with Crippen LogP contribution in [0.5, 0.6) is 0 Å². The van der Waals surface area contributed by atoms with Gasteiger partial charge in [-0.05, 0) is 43.2 Å². The molecule has 0 amide bonds. The lowest BCUT2D eigenvalue weighted by Gasteiger charge is -2.14. The van der Waals surface area contributed by atoms with Crippen molar-refractivity contribution in [3.05, 3.63) is 59.7 Å². The van der Waals surface area contributed by atoms with E-state index >= 15 is 0 Å². The normalized spacial score (nSPS) is 12.7. The number of nitrogens with one attached hydrogen (secondary N) is 2. The van der Waals surface area contributed by atoms with Crippen LogP contribution in [0.2, 0.25) is 0 Å². The molecule has 20 heavy (non-hydrogen) atoms. The summed E-state index contributed by atoms with van der Waals surface area (Å²) in [6, 6.07) is 10.7. The van der Waals surface area contributed by atoms with Crippen LogP contribution in [0.1, 0.15) is 29.9 Å². The Bertz CT molecular complexity index is 703. The molecule has 0 aliphatic rings. The van der Waals surface area contributed by atoms with E-state index in [9.17, 15) is 0 Å². The number of rotatable bonds is 4. The highest BCUT2D eigenvalue weighted by Crippen LogP contribution is 2.19. The SMILES string of the molecule is Cc1nc2cc(C(C)NCc3cccnc3)ccc2[nH]1. The maximum atomic E-state index is 4.48. The Morgan fingerprint density at radius 3 is 3.00 bits per heavy atom. The molecule has 0 saturated heterocycles. The van der Waals surface area contributed by atoms with E-state index in [1.54, 1.807) is 6.20 Å². The fourth-order valence-electron chi connectivity index (χ4n) is 2.31. The summed E-state index contributed by atoms with van der Waals surface area (Å²) in [7, 11) is 0. The van der Waals surface area contributed by atoms with Gasteiger partial charge in [-0.25, -0.2) is 4.98 Å². The Kier molecular flexibility index (Phi) is 3.48. The number of pyridine rings is 1. The van der Waals surface area contributed by atoms with Crippen molar-refractivity contribution in [2.45, 2.75) is 26.4 Å². The summed E-state index contributed by atoms with van der Waals surface area (Å²) in [4.78, 5) is 11.8. The van der Waals surface area contributed by atoms with Crippen LogP contribution in [0.25, 0.3) is 11.0 Å². The number of imidazole rings is 1. The second kappa shape index (κ2) is 5.43. The van der Waals surface area contributed by atoms with Crippen molar-refractivity contribution >= 4 is 11.0 Å². The second-order valence-electron chi connectivity index (χ2n) is 5.06. The van der Waals surface area contributed by atoms with Gasteiger partial charge >= 0.3 is 0 Å². The van der Waals surface area contributed by atoms with Crippen LogP contribution in [0, 0.1) is 6.92 Å². The number of nitrogens with zero attached hydrogens (tertiary/aromatic N) is 2. The molecule has 1 atom stereocenters. The first kappa shape index (κ1) is 12.8. The molecule has 3 rings (SSSR count). The van der Waals surface area contributed by atoms with Crippen molar-refractivity contribution < 1.29 is 0 Å². The molecule has 1 unspecified atom stereocenters. The van der Waals surface area contributed by atoms with E-state index in [1.165, 1.54) is 11.1 Å². The highest BCUT2D eigenvalue weighted by molar-refractivity contribution is 5.75. The third-order valence-corrected chi connectivity index (χ3v) is 3.46. The Morgan fingerprint density at radius 2 is 2.20 bits per heavy atom. The molecular weight excluding hydrogens is 248 g/mol. The number of aromatic amines is 1. The predicted octanol–water partition coefficient (Wildman–Crippen LogP) is 3.12. The van der Waals surface area contributed by atoms with E-state index in [2.05, 4.69) is 51.5 Å². The summed E-state index contributed by atoms with van der Waals surface area (Å²) >= 11 is 0. The topological polar surface area (TPSA) is 53.6 Å². The molecule has 1 aromatic carbocycles. The molecule has 2 heterocycles. The number of aryl methyl sites for hydroxylation is 1. The predicted molar refractivity (Wildman–Crippen MR) is 80.3 cm³/mol. The van der Waals surface area contributed by atoms with Gasteiger partial charge in [-0.3, -0.25) is 4.98 Å². The lowest BCUT2D eigenvalue weighted by Crippen LogP contribution is -2.18. The van der Waals surface area contributed by atoms with Crippen LogP contribution >= 0.6 is 0 Å². The number of hydrogen-bond donors (Lipinski definition) is 2. The molecule has 0 radical (unpaired) electrons. The molecule has 0 aliphatic carbocycles. The Morgan fingerprint density at radius 1 is 1.30 bits per heavy atom. The van der Waals surface area contributed by atoms with Gasteiger partial charge in [-0.15, -0.1) is 0 Å². The molecule has 0 aliphatic heterocycles. The summed E-state index contributed by atoms with van der Waals surface area (Å²) in [5.41, 5.74) is 4.55. The molecule has 0 fully saturated rings. The number of aromatic nitrogens is 3. The van der Waals surface area contributed by atoms with Gasteiger partial charge in [-0.2, -0.15) is 0 Å². The minimum atomic E-state index is 0.275. The van der Waals surface area contributed by atoms with E-state index in [-0.39, 0.29) is 6.04 Å². The summed E-state index contributed by atoms with van der Waals surface area (Å²) in [5.74, 6) is 0.952. The van der Waals surface area contributed by atoms with E-state index in [1.807, 2.05) is 19.2 Å². The van der Waals surface area contributed by atoms with Crippen molar-refractivity contribution in [3.8, 4) is 0 Å². The molecule has 4 nitrogen and oxygen atoms in total. The first-order valence-electron chi connectivity index (χ1n) is 6.81. The first-order chi connectivity index (χ1) is 9.72. The van der Waals surface area contributed by atoms with Crippen molar-refractivity contribution in [2.75, 3.05) is 0 Å². The molecule has 0 saturated carbocycles. The molecule has 2 aromatic heterocycles. The van der Waals surface area contributed by atoms with E-state index in [4.69, 9.17) is 0 Å². The standard InChI is InChI=1S/C16H18N4/c1-11(18-10-13-4-3-7-17-9-13)14-5-6-15-16(8-14)20-12(2)19-15/h3-9,11,18H,10H2,1-2H3,(H,19,20). The zero-order valence-electron chi connectivity index (χ0n) is 11.7. The van der Waals surface area contributed by atoms with Crippen LogP contribution in [0.4, 0.5) is 0 Å². The minimum absolute atomic E-state index is 0.275. The van der Waals surface area contributed by atoms with Crippen molar-refractivity contribution in [3.63, 3.8) is 0 Å². The third kappa shape index (κ3) is 2.70. The lowest BCUT2D eigenvalue weighted by molar-refractivity contribution is 0.574. The highest BCUT2D eigenvalue weighted by Gasteiger charge is 2.07. The summed E-state index contributed by atoms with van der Waals surface area (Å²) in [6.45, 7) is 4.95. The van der Waals surface area contributed by atoms with Gasteiger partial charge in [-0.1, -0.05) is 12.1 Å². The van der Waals surface area contributed by atoms with Crippen LogP contribution in [0.3, 0.4) is 0 Å². The Labute approximate surface area is 118 Å². The molecule has 0 bridgehead atoms. The summed E-state index contributed by atoms with van der Waals surface area (Å²) in [6.07, 6.45) is 3.68.